The summed E-state index contributed by atoms with van der Waals surface area (Å²) in [5.74, 6) is 1.49. The molecule has 0 saturated carbocycles. The van der Waals surface area contributed by atoms with E-state index in [1.54, 1.807) is 0 Å². The molecule has 0 aromatic heterocycles. The summed E-state index contributed by atoms with van der Waals surface area (Å²) < 4.78 is 12.6. The fourth-order valence-corrected chi connectivity index (χ4v) is 3.86. The molecule has 1 aliphatic heterocycles. The Morgan fingerprint density at radius 3 is 2.52 bits per heavy atom. The zero-order chi connectivity index (χ0) is 14.8. The summed E-state index contributed by atoms with van der Waals surface area (Å²) in [6.07, 6.45) is 0.885. The molecule has 21 heavy (non-hydrogen) atoms. The smallest absolute Gasteiger partial charge is 0.162 e. The molecule has 0 bridgehead atoms. The van der Waals surface area contributed by atoms with E-state index in [2.05, 4.69) is 56.7 Å². The van der Waals surface area contributed by atoms with Crippen LogP contribution in [-0.4, -0.2) is 13.2 Å². The van der Waals surface area contributed by atoms with E-state index in [-0.39, 0.29) is 4.83 Å². The number of hydrogen-bond acceptors (Lipinski definition) is 2. The molecule has 0 saturated heterocycles. The van der Waals surface area contributed by atoms with Crippen LogP contribution in [0.2, 0.25) is 5.02 Å². The van der Waals surface area contributed by atoms with Crippen LogP contribution in [0.3, 0.4) is 0 Å². The maximum atomic E-state index is 6.43. The van der Waals surface area contributed by atoms with E-state index in [4.69, 9.17) is 21.1 Å². The number of alkyl halides is 1. The van der Waals surface area contributed by atoms with Gasteiger partial charge >= 0.3 is 0 Å². The number of rotatable bonds is 2. The van der Waals surface area contributed by atoms with Crippen LogP contribution in [0.1, 0.15) is 22.4 Å². The van der Waals surface area contributed by atoms with Gasteiger partial charge in [0.25, 0.3) is 0 Å². The van der Waals surface area contributed by atoms with Gasteiger partial charge in [0.1, 0.15) is 0 Å². The Morgan fingerprint density at radius 2 is 1.81 bits per heavy atom. The summed E-state index contributed by atoms with van der Waals surface area (Å²) in [4.78, 5) is 0.0249. The monoisotopic (exact) mass is 478 g/mol. The zero-order valence-corrected chi connectivity index (χ0v) is 15.6. The van der Waals surface area contributed by atoms with Crippen LogP contribution < -0.4 is 9.47 Å². The molecule has 1 atom stereocenters. The van der Waals surface area contributed by atoms with Crippen molar-refractivity contribution in [3.63, 3.8) is 0 Å². The highest BCUT2D eigenvalue weighted by Crippen LogP contribution is 2.42. The van der Waals surface area contributed by atoms with Crippen LogP contribution in [0.25, 0.3) is 0 Å². The fraction of sp³-hybridized carbons (Fsp3) is 0.250. The van der Waals surface area contributed by atoms with Crippen molar-refractivity contribution in [2.24, 2.45) is 0 Å². The molecular weight excluding hydrogens is 466 g/mol. The van der Waals surface area contributed by atoms with Gasteiger partial charge in [-0.2, -0.15) is 0 Å². The minimum Gasteiger partial charge on any atom is -0.490 e. The van der Waals surface area contributed by atoms with Crippen molar-refractivity contribution in [2.45, 2.75) is 11.2 Å². The van der Waals surface area contributed by atoms with Gasteiger partial charge in [-0.05, 0) is 51.9 Å². The Balaban J connectivity index is 2.00. The number of fused-ring (bicyclic) bond motifs is 1. The molecular formula is C16H13BrClIO2. The van der Waals surface area contributed by atoms with Gasteiger partial charge in [-0.25, -0.2) is 0 Å². The first-order chi connectivity index (χ1) is 10.1. The maximum Gasteiger partial charge on any atom is 0.162 e. The fourth-order valence-electron chi connectivity index (χ4n) is 2.24. The van der Waals surface area contributed by atoms with Gasteiger partial charge in [-0.1, -0.05) is 39.7 Å². The normalized spacial score (nSPS) is 15.4. The lowest BCUT2D eigenvalue weighted by atomic mass is 10.0. The van der Waals surface area contributed by atoms with E-state index >= 15 is 0 Å². The second-order valence-corrected chi connectivity index (χ2v) is 7.36. The van der Waals surface area contributed by atoms with Gasteiger partial charge in [-0.3, -0.25) is 0 Å². The largest absolute Gasteiger partial charge is 0.490 e. The highest BCUT2D eigenvalue weighted by Gasteiger charge is 2.19. The molecule has 5 heteroatoms. The predicted octanol–water partition coefficient (Wildman–Crippen LogP) is 5.59. The molecule has 1 aliphatic rings. The maximum absolute atomic E-state index is 6.43. The van der Waals surface area contributed by atoms with E-state index in [1.165, 1.54) is 9.13 Å². The first kappa shape index (κ1) is 15.4. The number of hydrogen-bond donors (Lipinski definition) is 0. The molecule has 2 aromatic carbocycles. The van der Waals surface area contributed by atoms with Gasteiger partial charge < -0.3 is 9.47 Å². The Kier molecular flexibility index (Phi) is 4.96. The lowest BCUT2D eigenvalue weighted by Gasteiger charge is -2.16. The number of ether oxygens (including phenoxy) is 2. The molecule has 1 unspecified atom stereocenters. The van der Waals surface area contributed by atoms with Crippen LogP contribution in [0, 0.1) is 3.57 Å². The first-order valence-electron chi connectivity index (χ1n) is 6.64. The molecule has 0 fully saturated rings. The highest BCUT2D eigenvalue weighted by atomic mass is 127. The average Bonchev–Trinajstić information content (AvgIpc) is 2.70. The van der Waals surface area contributed by atoms with Crippen molar-refractivity contribution in [1.29, 1.82) is 0 Å². The first-order valence-corrected chi connectivity index (χ1v) is 9.01. The third kappa shape index (κ3) is 3.48. The lowest BCUT2D eigenvalue weighted by Crippen LogP contribution is -1.98. The van der Waals surface area contributed by atoms with Gasteiger partial charge in [0.15, 0.2) is 11.5 Å². The summed E-state index contributed by atoms with van der Waals surface area (Å²) in [6.45, 7) is 1.33. The van der Waals surface area contributed by atoms with E-state index in [0.29, 0.717) is 18.2 Å². The SMILES string of the molecule is Clc1cc2c(cc1C(Br)c1cccc(I)c1)OCCCO2. The minimum absolute atomic E-state index is 0.0249. The van der Waals surface area contributed by atoms with Crippen molar-refractivity contribution in [3.05, 3.63) is 56.1 Å². The molecule has 0 amide bonds. The summed E-state index contributed by atoms with van der Waals surface area (Å²) in [5.41, 5.74) is 2.15. The molecule has 2 nitrogen and oxygen atoms in total. The van der Waals surface area contributed by atoms with Crippen LogP contribution >= 0.6 is 50.1 Å². The van der Waals surface area contributed by atoms with Gasteiger partial charge in [0, 0.05) is 21.1 Å². The van der Waals surface area contributed by atoms with Crippen molar-refractivity contribution in [3.8, 4) is 11.5 Å². The quantitative estimate of drug-likeness (QED) is 0.413. The van der Waals surface area contributed by atoms with Crippen molar-refractivity contribution in [1.82, 2.24) is 0 Å². The lowest BCUT2D eigenvalue weighted by molar-refractivity contribution is 0.297. The van der Waals surface area contributed by atoms with E-state index in [1.807, 2.05) is 18.2 Å². The van der Waals surface area contributed by atoms with Crippen molar-refractivity contribution < 1.29 is 9.47 Å². The predicted molar refractivity (Wildman–Crippen MR) is 97.0 cm³/mol. The molecule has 2 aromatic rings. The second kappa shape index (κ2) is 6.75. The number of halogens is 3. The van der Waals surface area contributed by atoms with Gasteiger partial charge in [0.05, 0.1) is 18.0 Å². The molecule has 3 rings (SSSR count). The molecule has 0 spiro atoms. The zero-order valence-electron chi connectivity index (χ0n) is 11.1. The van der Waals surface area contributed by atoms with Crippen LogP contribution in [0.15, 0.2) is 36.4 Å². The Labute approximate surface area is 151 Å². The van der Waals surface area contributed by atoms with Gasteiger partial charge in [-0.15, -0.1) is 0 Å². The summed E-state index contributed by atoms with van der Waals surface area (Å²) >= 11 is 12.5. The third-order valence-corrected chi connectivity index (χ3v) is 5.30. The topological polar surface area (TPSA) is 18.5 Å². The average molecular weight is 480 g/mol. The third-order valence-electron chi connectivity index (χ3n) is 3.28. The Morgan fingerprint density at radius 1 is 1.10 bits per heavy atom. The molecule has 110 valence electrons. The highest BCUT2D eigenvalue weighted by molar-refractivity contribution is 14.1. The van der Waals surface area contributed by atoms with Crippen molar-refractivity contribution >= 4 is 50.1 Å². The van der Waals surface area contributed by atoms with Crippen LogP contribution in [0.5, 0.6) is 11.5 Å². The van der Waals surface area contributed by atoms with Crippen LogP contribution in [0.4, 0.5) is 0 Å². The van der Waals surface area contributed by atoms with E-state index in [9.17, 15) is 0 Å². The molecule has 0 N–H and O–H groups in total. The molecule has 0 aliphatic carbocycles. The van der Waals surface area contributed by atoms with Gasteiger partial charge in [0.2, 0.25) is 0 Å². The summed E-state index contributed by atoms with van der Waals surface area (Å²) in [5, 5.41) is 0.681. The summed E-state index contributed by atoms with van der Waals surface area (Å²) in [6, 6.07) is 12.2. The molecule has 0 radical (unpaired) electrons. The van der Waals surface area contributed by atoms with E-state index in [0.717, 1.165) is 23.5 Å². The Bertz CT molecular complexity index is 663. The summed E-state index contributed by atoms with van der Waals surface area (Å²) in [7, 11) is 0. The molecule has 1 heterocycles. The second-order valence-electron chi connectivity index (χ2n) is 4.79. The Hall–Kier alpha value is -0.460. The number of benzene rings is 2. The standard InChI is InChI=1S/C16H13BrClIO2/c17-16(10-3-1-4-11(19)7-10)12-8-14-15(9-13(12)18)21-6-2-5-20-14/h1,3-4,7-9,16H,2,5-6H2. The minimum atomic E-state index is 0.0249. The van der Waals surface area contributed by atoms with Crippen LogP contribution in [-0.2, 0) is 0 Å². The van der Waals surface area contributed by atoms with Crippen molar-refractivity contribution in [2.75, 3.05) is 13.2 Å². The van der Waals surface area contributed by atoms with E-state index < -0.39 is 0 Å².